The predicted octanol–water partition coefficient (Wildman–Crippen LogP) is 1.54. The molecule has 2 aliphatic rings. The number of nitrogens with two attached hydrogens (primary N) is 1. The molecule has 1 atom stereocenters. The molecule has 7 heteroatoms. The zero-order valence-corrected chi connectivity index (χ0v) is 14.6. The van der Waals surface area contributed by atoms with Gasteiger partial charge in [0.15, 0.2) is 0 Å². The number of aryl methyl sites for hydroxylation is 1. The van der Waals surface area contributed by atoms with E-state index < -0.39 is 0 Å². The minimum atomic E-state index is -0.293. The van der Waals surface area contributed by atoms with E-state index in [1.165, 1.54) is 6.20 Å². The van der Waals surface area contributed by atoms with E-state index in [4.69, 9.17) is 10.5 Å². The van der Waals surface area contributed by atoms with Crippen molar-refractivity contribution in [2.75, 3.05) is 12.3 Å². The van der Waals surface area contributed by atoms with Crippen LogP contribution in [0.25, 0.3) is 0 Å². The smallest absolute Gasteiger partial charge is 0.255 e. The van der Waals surface area contributed by atoms with Crippen molar-refractivity contribution in [2.24, 2.45) is 5.92 Å². The molecular weight excluding hydrogens is 332 g/mol. The van der Waals surface area contributed by atoms with Crippen LogP contribution < -0.4 is 15.8 Å². The van der Waals surface area contributed by atoms with Gasteiger partial charge in [0.2, 0.25) is 5.95 Å². The molecule has 2 aromatic rings. The Balaban J connectivity index is 1.60. The van der Waals surface area contributed by atoms with Gasteiger partial charge in [-0.15, -0.1) is 0 Å². The van der Waals surface area contributed by atoms with E-state index in [0.29, 0.717) is 30.7 Å². The Morgan fingerprint density at radius 2 is 2.23 bits per heavy atom. The van der Waals surface area contributed by atoms with Crippen LogP contribution >= 0.6 is 0 Å². The molecule has 1 aliphatic heterocycles. The highest BCUT2D eigenvalue weighted by Crippen LogP contribution is 2.40. The summed E-state index contributed by atoms with van der Waals surface area (Å²) >= 11 is 0. The van der Waals surface area contributed by atoms with E-state index >= 15 is 0 Å². The number of aliphatic hydroxyl groups excluding tert-OH is 1. The lowest BCUT2D eigenvalue weighted by Crippen LogP contribution is -2.41. The molecule has 1 aliphatic carbocycles. The molecule has 1 aromatic carbocycles. The van der Waals surface area contributed by atoms with Gasteiger partial charge in [0, 0.05) is 12.6 Å². The first kappa shape index (κ1) is 16.8. The van der Waals surface area contributed by atoms with Crippen LogP contribution in [0, 0.1) is 12.8 Å². The van der Waals surface area contributed by atoms with Gasteiger partial charge in [-0.05, 0) is 48.9 Å². The molecule has 0 saturated heterocycles. The highest BCUT2D eigenvalue weighted by Gasteiger charge is 2.36. The zero-order chi connectivity index (χ0) is 18.3. The van der Waals surface area contributed by atoms with Gasteiger partial charge in [-0.3, -0.25) is 4.79 Å². The quantitative estimate of drug-likeness (QED) is 0.768. The molecule has 0 radical (unpaired) electrons. The van der Waals surface area contributed by atoms with Crippen LogP contribution in [0.4, 0.5) is 5.95 Å². The van der Waals surface area contributed by atoms with Crippen molar-refractivity contribution < 1.29 is 14.6 Å². The second-order valence-electron chi connectivity index (χ2n) is 7.03. The third-order valence-corrected chi connectivity index (χ3v) is 5.22. The minimum absolute atomic E-state index is 0.149. The van der Waals surface area contributed by atoms with Gasteiger partial charge >= 0.3 is 0 Å². The maximum Gasteiger partial charge on any atom is 0.255 e. The molecule has 26 heavy (non-hydrogen) atoms. The molecule has 4 rings (SSSR count). The predicted molar refractivity (Wildman–Crippen MR) is 95.8 cm³/mol. The number of aliphatic hydroxyl groups is 1. The fourth-order valence-electron chi connectivity index (χ4n) is 3.70. The van der Waals surface area contributed by atoms with Gasteiger partial charge in [-0.2, -0.15) is 0 Å². The van der Waals surface area contributed by atoms with Gasteiger partial charge in [-0.1, -0.05) is 6.07 Å². The summed E-state index contributed by atoms with van der Waals surface area (Å²) in [7, 11) is 0. The number of nitrogen functional groups attached to an aromatic ring is 1. The first-order valence-electron chi connectivity index (χ1n) is 8.85. The largest absolute Gasteiger partial charge is 0.493 e. The summed E-state index contributed by atoms with van der Waals surface area (Å²) in [4.78, 5) is 20.8. The second-order valence-corrected chi connectivity index (χ2v) is 7.03. The lowest BCUT2D eigenvalue weighted by Gasteiger charge is -2.38. The Morgan fingerprint density at radius 3 is 2.96 bits per heavy atom. The number of amides is 1. The van der Waals surface area contributed by atoms with E-state index in [-0.39, 0.29) is 29.9 Å². The molecule has 1 saturated carbocycles. The summed E-state index contributed by atoms with van der Waals surface area (Å²) < 4.78 is 5.57. The van der Waals surface area contributed by atoms with Crippen molar-refractivity contribution in [3.63, 3.8) is 0 Å². The number of nitrogens with zero attached hydrogens (tertiary/aromatic N) is 2. The van der Waals surface area contributed by atoms with E-state index in [1.807, 2.05) is 12.1 Å². The fourth-order valence-corrected chi connectivity index (χ4v) is 3.70. The molecular formula is C19H22N4O3. The summed E-state index contributed by atoms with van der Waals surface area (Å²) in [5.74, 6) is 1.03. The average Bonchev–Trinajstić information content (AvgIpc) is 3.04. The van der Waals surface area contributed by atoms with E-state index in [1.54, 1.807) is 6.92 Å². The number of hydrogen-bond acceptors (Lipinski definition) is 6. The fraction of sp³-hybridized carbons (Fsp3) is 0.421. The molecule has 1 fully saturated rings. The summed E-state index contributed by atoms with van der Waals surface area (Å²) in [6.07, 6.45) is 3.39. The van der Waals surface area contributed by atoms with E-state index in [9.17, 15) is 9.90 Å². The lowest BCUT2D eigenvalue weighted by molar-refractivity contribution is 0.0235. The Hall–Kier alpha value is -2.67. The normalized spacial score (nSPS) is 22.1. The summed E-state index contributed by atoms with van der Waals surface area (Å²) in [6, 6.07) is 5.88. The number of anilines is 1. The molecule has 0 spiro atoms. The van der Waals surface area contributed by atoms with Crippen LogP contribution in [0.2, 0.25) is 0 Å². The maximum absolute atomic E-state index is 12.8. The second kappa shape index (κ2) is 6.57. The van der Waals surface area contributed by atoms with E-state index in [0.717, 1.165) is 23.3 Å². The standard InChI is InChI=1S/C19H22N4O3/c1-10-15(9-21-19(20)22-10)18(25)23-17(13-7-14(24)8-13)12-2-3-16-11(6-12)4-5-26-16/h2-3,6,9,13-14,17,24H,4-5,7-8H2,1H3,(H,23,25)(H2,20,21,22)/t13?,14?,17-/m0/s1. The topological polar surface area (TPSA) is 110 Å². The summed E-state index contributed by atoms with van der Waals surface area (Å²) in [6.45, 7) is 2.43. The number of carbonyl (C=O) groups is 1. The Kier molecular flexibility index (Phi) is 4.24. The Morgan fingerprint density at radius 1 is 1.42 bits per heavy atom. The summed E-state index contributed by atoms with van der Waals surface area (Å²) in [5, 5.41) is 12.8. The molecule has 1 aromatic heterocycles. The van der Waals surface area contributed by atoms with Crippen molar-refractivity contribution in [2.45, 2.75) is 38.3 Å². The summed E-state index contributed by atoms with van der Waals surface area (Å²) in [5.41, 5.74) is 8.73. The minimum Gasteiger partial charge on any atom is -0.493 e. The lowest BCUT2D eigenvalue weighted by atomic mass is 9.74. The van der Waals surface area contributed by atoms with E-state index in [2.05, 4.69) is 21.4 Å². The number of carbonyl (C=O) groups excluding carboxylic acids is 1. The number of fused-ring (bicyclic) bond motifs is 1. The van der Waals surface area contributed by atoms with Crippen LogP contribution in [-0.2, 0) is 6.42 Å². The molecule has 0 unspecified atom stereocenters. The van der Waals surface area contributed by atoms with Crippen LogP contribution in [0.3, 0.4) is 0 Å². The van der Waals surface area contributed by atoms with Crippen molar-refractivity contribution in [3.05, 3.63) is 46.8 Å². The molecule has 0 bridgehead atoms. The third kappa shape index (κ3) is 3.10. The number of ether oxygens (including phenoxy) is 1. The van der Waals surface area contributed by atoms with Gasteiger partial charge in [0.05, 0.1) is 30.0 Å². The molecule has 2 heterocycles. The van der Waals surface area contributed by atoms with Gasteiger partial charge < -0.3 is 20.9 Å². The van der Waals surface area contributed by atoms with Gasteiger partial charge in [0.1, 0.15) is 5.75 Å². The maximum atomic E-state index is 12.8. The average molecular weight is 354 g/mol. The third-order valence-electron chi connectivity index (χ3n) is 5.22. The molecule has 1 amide bonds. The SMILES string of the molecule is Cc1nc(N)ncc1C(=O)N[C@@H](c1ccc2c(c1)CCO2)C1CC(O)C1. The molecule has 136 valence electrons. The number of hydrogen-bond donors (Lipinski definition) is 3. The van der Waals surface area contributed by atoms with Crippen LogP contribution in [0.5, 0.6) is 5.75 Å². The van der Waals surface area contributed by atoms with Gasteiger partial charge in [0.25, 0.3) is 5.91 Å². The number of aromatic nitrogens is 2. The highest BCUT2D eigenvalue weighted by molar-refractivity contribution is 5.95. The highest BCUT2D eigenvalue weighted by atomic mass is 16.5. The van der Waals surface area contributed by atoms with Crippen molar-refractivity contribution >= 4 is 11.9 Å². The van der Waals surface area contributed by atoms with Crippen molar-refractivity contribution in [1.29, 1.82) is 0 Å². The number of rotatable bonds is 4. The molecule has 7 nitrogen and oxygen atoms in total. The zero-order valence-electron chi connectivity index (χ0n) is 14.6. The van der Waals surface area contributed by atoms with Crippen molar-refractivity contribution in [1.82, 2.24) is 15.3 Å². The first-order valence-corrected chi connectivity index (χ1v) is 8.85. The first-order chi connectivity index (χ1) is 12.5. The Labute approximate surface area is 151 Å². The number of benzene rings is 1. The van der Waals surface area contributed by atoms with Crippen LogP contribution in [0.1, 0.15) is 46.1 Å². The van der Waals surface area contributed by atoms with Crippen LogP contribution in [-0.4, -0.2) is 33.7 Å². The van der Waals surface area contributed by atoms with Gasteiger partial charge in [-0.25, -0.2) is 9.97 Å². The molecule has 4 N–H and O–H groups in total. The van der Waals surface area contributed by atoms with Crippen molar-refractivity contribution in [3.8, 4) is 5.75 Å². The van der Waals surface area contributed by atoms with Crippen LogP contribution in [0.15, 0.2) is 24.4 Å². The monoisotopic (exact) mass is 354 g/mol. The number of nitrogens with one attached hydrogen (secondary N) is 1. The Bertz CT molecular complexity index is 849.